The highest BCUT2D eigenvalue weighted by molar-refractivity contribution is 7.98. The maximum atomic E-state index is 10.1. The molecular formula is C11H13NO3S. The van der Waals surface area contributed by atoms with Crippen LogP contribution in [-0.2, 0) is 11.3 Å². The number of isocyanates is 1. The van der Waals surface area contributed by atoms with Gasteiger partial charge in [0.15, 0.2) is 11.5 Å². The normalized spacial score (nSPS) is 9.44. The zero-order chi connectivity index (χ0) is 12.0. The van der Waals surface area contributed by atoms with Gasteiger partial charge in [-0.3, -0.25) is 0 Å². The summed E-state index contributed by atoms with van der Waals surface area (Å²) in [4.78, 5) is 14.6. The molecule has 1 aromatic rings. The molecule has 0 unspecified atom stereocenters. The molecule has 1 aromatic carbocycles. The summed E-state index contributed by atoms with van der Waals surface area (Å²) in [5.74, 6) is 1.35. The molecule has 0 radical (unpaired) electrons. The van der Waals surface area contributed by atoms with Crippen LogP contribution in [0.5, 0.6) is 11.5 Å². The molecule has 0 aromatic heterocycles. The number of hydrogen-bond donors (Lipinski definition) is 0. The van der Waals surface area contributed by atoms with E-state index in [-0.39, 0.29) is 0 Å². The van der Waals surface area contributed by atoms with Crippen molar-refractivity contribution in [3.63, 3.8) is 0 Å². The van der Waals surface area contributed by atoms with Gasteiger partial charge in [-0.2, -0.15) is 0 Å². The number of ether oxygens (including phenoxy) is 2. The number of benzene rings is 1. The van der Waals surface area contributed by atoms with Crippen LogP contribution in [0.4, 0.5) is 0 Å². The number of nitrogens with zero attached hydrogens (tertiary/aromatic N) is 1. The molecule has 0 amide bonds. The van der Waals surface area contributed by atoms with Gasteiger partial charge in [0.2, 0.25) is 6.08 Å². The van der Waals surface area contributed by atoms with Crippen LogP contribution >= 0.6 is 11.8 Å². The molecule has 0 N–H and O–H groups in total. The van der Waals surface area contributed by atoms with E-state index in [0.717, 1.165) is 10.5 Å². The Morgan fingerprint density at radius 1 is 1.38 bits per heavy atom. The minimum Gasteiger partial charge on any atom is -0.493 e. The molecule has 86 valence electrons. The minimum absolute atomic E-state index is 0.306. The summed E-state index contributed by atoms with van der Waals surface area (Å²) in [6, 6.07) is 3.67. The molecule has 0 saturated heterocycles. The van der Waals surface area contributed by atoms with Crippen molar-refractivity contribution in [1.29, 1.82) is 0 Å². The summed E-state index contributed by atoms with van der Waals surface area (Å²) in [6.45, 7) is 0.306. The third-order valence-corrected chi connectivity index (χ3v) is 2.96. The van der Waals surface area contributed by atoms with E-state index >= 15 is 0 Å². The van der Waals surface area contributed by atoms with Crippen molar-refractivity contribution in [3.05, 3.63) is 17.7 Å². The summed E-state index contributed by atoms with van der Waals surface area (Å²) >= 11 is 1.53. The third-order valence-electron chi connectivity index (χ3n) is 2.10. The Morgan fingerprint density at radius 3 is 2.62 bits per heavy atom. The summed E-state index contributed by atoms with van der Waals surface area (Å²) < 4.78 is 10.5. The molecule has 0 saturated carbocycles. The maximum Gasteiger partial charge on any atom is 0.235 e. The van der Waals surface area contributed by atoms with Crippen LogP contribution in [0.25, 0.3) is 0 Å². The number of carbonyl (C=O) groups excluding carboxylic acids is 1. The van der Waals surface area contributed by atoms with Crippen molar-refractivity contribution in [2.45, 2.75) is 11.4 Å². The van der Waals surface area contributed by atoms with Gasteiger partial charge in [0, 0.05) is 0 Å². The molecule has 4 nitrogen and oxygen atoms in total. The summed E-state index contributed by atoms with van der Waals surface area (Å²) in [7, 11) is 3.18. The summed E-state index contributed by atoms with van der Waals surface area (Å²) in [5.41, 5.74) is 0.925. The number of rotatable bonds is 5. The molecule has 0 aliphatic rings. The Kier molecular flexibility index (Phi) is 4.89. The first-order valence-corrected chi connectivity index (χ1v) is 5.82. The highest BCUT2D eigenvalue weighted by Gasteiger charge is 2.13. The standard InChI is InChI=1S/C11H13NO3S/c1-14-9-5-4-8(6-12-7-13)11(16-3)10(9)15-2/h4-5H,6H2,1-3H3. The smallest absolute Gasteiger partial charge is 0.235 e. The second kappa shape index (κ2) is 6.20. The Labute approximate surface area is 98.7 Å². The molecule has 0 spiro atoms. The quantitative estimate of drug-likeness (QED) is 0.449. The topological polar surface area (TPSA) is 47.9 Å². The van der Waals surface area contributed by atoms with E-state index in [0.29, 0.717) is 18.0 Å². The van der Waals surface area contributed by atoms with Gasteiger partial charge in [0.1, 0.15) is 0 Å². The van der Waals surface area contributed by atoms with Gasteiger partial charge < -0.3 is 9.47 Å². The molecule has 0 bridgehead atoms. The summed E-state index contributed by atoms with van der Waals surface area (Å²) in [6.07, 6.45) is 3.46. The summed E-state index contributed by atoms with van der Waals surface area (Å²) in [5, 5.41) is 0. The Balaban J connectivity index is 3.24. The van der Waals surface area contributed by atoms with Gasteiger partial charge in [-0.05, 0) is 17.9 Å². The van der Waals surface area contributed by atoms with E-state index in [4.69, 9.17) is 9.47 Å². The van der Waals surface area contributed by atoms with Crippen molar-refractivity contribution in [2.75, 3.05) is 20.5 Å². The first-order valence-electron chi connectivity index (χ1n) is 4.60. The predicted molar refractivity (Wildman–Crippen MR) is 63.2 cm³/mol. The molecule has 0 aliphatic heterocycles. The monoisotopic (exact) mass is 239 g/mol. The number of aliphatic imine (C=N–C) groups is 1. The molecule has 0 aliphatic carbocycles. The third kappa shape index (κ3) is 2.56. The Hall–Kier alpha value is -1.45. The molecule has 0 atom stereocenters. The fraction of sp³-hybridized carbons (Fsp3) is 0.364. The molecule has 1 rings (SSSR count). The predicted octanol–water partition coefficient (Wildman–Crippen LogP) is 2.26. The second-order valence-corrected chi connectivity index (χ2v) is 3.72. The van der Waals surface area contributed by atoms with Gasteiger partial charge in [0.05, 0.1) is 25.7 Å². The van der Waals surface area contributed by atoms with Gasteiger partial charge >= 0.3 is 0 Å². The highest BCUT2D eigenvalue weighted by Crippen LogP contribution is 2.39. The largest absolute Gasteiger partial charge is 0.493 e. The fourth-order valence-electron chi connectivity index (χ4n) is 1.41. The molecule has 0 heterocycles. The van der Waals surface area contributed by atoms with Crippen LogP contribution in [0.1, 0.15) is 5.56 Å². The van der Waals surface area contributed by atoms with Crippen LogP contribution in [-0.4, -0.2) is 26.6 Å². The van der Waals surface area contributed by atoms with E-state index in [1.807, 2.05) is 12.3 Å². The molecule has 16 heavy (non-hydrogen) atoms. The maximum absolute atomic E-state index is 10.1. The van der Waals surface area contributed by atoms with Gasteiger partial charge in [0.25, 0.3) is 0 Å². The fourth-order valence-corrected chi connectivity index (χ4v) is 2.17. The van der Waals surface area contributed by atoms with Crippen molar-refractivity contribution in [2.24, 2.45) is 4.99 Å². The number of hydrogen-bond acceptors (Lipinski definition) is 5. The van der Waals surface area contributed by atoms with Crippen molar-refractivity contribution in [1.82, 2.24) is 0 Å². The van der Waals surface area contributed by atoms with E-state index in [2.05, 4.69) is 4.99 Å². The minimum atomic E-state index is 0.306. The number of methoxy groups -OCH3 is 2. The van der Waals surface area contributed by atoms with Crippen molar-refractivity contribution >= 4 is 17.8 Å². The lowest BCUT2D eigenvalue weighted by Crippen LogP contribution is -1.96. The van der Waals surface area contributed by atoms with Gasteiger partial charge in [-0.25, -0.2) is 9.79 Å². The SMILES string of the molecule is COc1ccc(CN=C=O)c(SC)c1OC. The lowest BCUT2D eigenvalue weighted by Gasteiger charge is -2.13. The lowest BCUT2D eigenvalue weighted by atomic mass is 10.2. The van der Waals surface area contributed by atoms with Gasteiger partial charge in [-0.15, -0.1) is 11.8 Å². The Morgan fingerprint density at radius 2 is 2.12 bits per heavy atom. The Bertz CT molecular complexity index is 414. The van der Waals surface area contributed by atoms with Gasteiger partial charge in [-0.1, -0.05) is 6.07 Å². The van der Waals surface area contributed by atoms with Crippen LogP contribution in [0.2, 0.25) is 0 Å². The molecule has 5 heteroatoms. The van der Waals surface area contributed by atoms with E-state index in [1.165, 1.54) is 17.8 Å². The van der Waals surface area contributed by atoms with Crippen molar-refractivity contribution < 1.29 is 14.3 Å². The average molecular weight is 239 g/mol. The highest BCUT2D eigenvalue weighted by atomic mass is 32.2. The lowest BCUT2D eigenvalue weighted by molar-refractivity contribution is 0.347. The van der Waals surface area contributed by atoms with Crippen LogP contribution in [0, 0.1) is 0 Å². The average Bonchev–Trinajstić information content (AvgIpc) is 2.34. The van der Waals surface area contributed by atoms with E-state index in [1.54, 1.807) is 20.3 Å². The first-order chi connectivity index (χ1) is 7.78. The number of thioether (sulfide) groups is 1. The van der Waals surface area contributed by atoms with Crippen molar-refractivity contribution in [3.8, 4) is 11.5 Å². The zero-order valence-corrected chi connectivity index (χ0v) is 10.3. The van der Waals surface area contributed by atoms with Crippen LogP contribution in [0.15, 0.2) is 22.0 Å². The molecule has 0 fully saturated rings. The van der Waals surface area contributed by atoms with E-state index in [9.17, 15) is 4.79 Å². The second-order valence-electron chi connectivity index (χ2n) is 2.90. The molecular weight excluding hydrogens is 226 g/mol. The van der Waals surface area contributed by atoms with Crippen LogP contribution in [0.3, 0.4) is 0 Å². The van der Waals surface area contributed by atoms with Crippen LogP contribution < -0.4 is 9.47 Å². The zero-order valence-electron chi connectivity index (χ0n) is 9.44. The first kappa shape index (κ1) is 12.6. The van der Waals surface area contributed by atoms with E-state index < -0.39 is 0 Å².